The number of benzene rings is 2. The van der Waals surface area contributed by atoms with Crippen molar-refractivity contribution in [2.24, 2.45) is 0 Å². The van der Waals surface area contributed by atoms with Crippen LogP contribution in [0.25, 0.3) is 5.69 Å². The molecule has 5 heteroatoms. The van der Waals surface area contributed by atoms with Gasteiger partial charge >= 0.3 is 0 Å². The Labute approximate surface area is 184 Å². The predicted octanol–water partition coefficient (Wildman–Crippen LogP) is 4.15. The second kappa shape index (κ2) is 9.06. The van der Waals surface area contributed by atoms with Gasteiger partial charge in [0.25, 0.3) is 5.91 Å². The lowest BCUT2D eigenvalue weighted by Crippen LogP contribution is -2.38. The lowest BCUT2D eigenvalue weighted by molar-refractivity contribution is 0.0716. The maximum Gasteiger partial charge on any atom is 0.274 e. The van der Waals surface area contributed by atoms with Gasteiger partial charge in [-0.25, -0.2) is 4.68 Å². The molecule has 2 heterocycles. The first-order valence-electron chi connectivity index (χ1n) is 11.5. The lowest BCUT2D eigenvalue weighted by Gasteiger charge is -2.27. The van der Waals surface area contributed by atoms with Crippen LogP contribution in [-0.4, -0.2) is 39.7 Å². The van der Waals surface area contributed by atoms with Crippen LogP contribution in [0.1, 0.15) is 53.0 Å². The molecule has 5 nitrogen and oxygen atoms in total. The molecule has 2 aromatic carbocycles. The fourth-order valence-electron chi connectivity index (χ4n) is 4.85. The van der Waals surface area contributed by atoms with Crippen LogP contribution in [0, 0.1) is 0 Å². The van der Waals surface area contributed by atoms with Crippen molar-refractivity contribution >= 4 is 5.91 Å². The highest BCUT2D eigenvalue weighted by Gasteiger charge is 2.31. The number of likely N-dealkylation sites (tertiary alicyclic amines) is 1. The highest BCUT2D eigenvalue weighted by molar-refractivity contribution is 5.94. The summed E-state index contributed by atoms with van der Waals surface area (Å²) in [5, 5.41) is 8.60. The van der Waals surface area contributed by atoms with Crippen molar-refractivity contribution in [1.82, 2.24) is 20.0 Å². The van der Waals surface area contributed by atoms with Crippen molar-refractivity contribution in [2.45, 2.75) is 51.1 Å². The van der Waals surface area contributed by atoms with Gasteiger partial charge in [0, 0.05) is 36.9 Å². The molecule has 1 N–H and O–H groups in total. The number of carbonyl (C=O) groups is 1. The Morgan fingerprint density at radius 2 is 1.68 bits per heavy atom. The average molecular weight is 415 g/mol. The molecule has 0 spiro atoms. The summed E-state index contributed by atoms with van der Waals surface area (Å²) in [7, 11) is 0. The summed E-state index contributed by atoms with van der Waals surface area (Å²) >= 11 is 0. The first kappa shape index (κ1) is 20.0. The summed E-state index contributed by atoms with van der Waals surface area (Å²) in [6, 6.07) is 21.1. The van der Waals surface area contributed by atoms with Gasteiger partial charge in [-0.3, -0.25) is 4.79 Å². The van der Waals surface area contributed by atoms with Gasteiger partial charge in [-0.05, 0) is 56.2 Å². The molecule has 1 amide bonds. The smallest absolute Gasteiger partial charge is 0.274 e. The van der Waals surface area contributed by atoms with Crippen LogP contribution in [0.3, 0.4) is 0 Å². The van der Waals surface area contributed by atoms with Crippen LogP contribution in [0.4, 0.5) is 0 Å². The molecule has 31 heavy (non-hydrogen) atoms. The molecule has 1 saturated heterocycles. The zero-order valence-electron chi connectivity index (χ0n) is 18.0. The number of amides is 1. The minimum atomic E-state index is 0.106. The first-order valence-corrected chi connectivity index (χ1v) is 11.5. The van der Waals surface area contributed by atoms with E-state index in [1.807, 2.05) is 33.8 Å². The number of carbonyl (C=O) groups excluding carboxylic acids is 1. The Bertz CT molecular complexity index is 1020. The van der Waals surface area contributed by atoms with E-state index in [9.17, 15) is 4.79 Å². The largest absolute Gasteiger partial charge is 0.337 e. The third kappa shape index (κ3) is 4.28. The minimum Gasteiger partial charge on any atom is -0.337 e. The molecule has 1 unspecified atom stereocenters. The number of fused-ring (bicyclic) bond motifs is 1. The van der Waals surface area contributed by atoms with E-state index < -0.39 is 0 Å². The molecule has 1 fully saturated rings. The van der Waals surface area contributed by atoms with Crippen LogP contribution < -0.4 is 5.32 Å². The van der Waals surface area contributed by atoms with Crippen LogP contribution in [0.15, 0.2) is 60.7 Å². The van der Waals surface area contributed by atoms with Gasteiger partial charge in [-0.2, -0.15) is 5.10 Å². The van der Waals surface area contributed by atoms with Crippen molar-refractivity contribution in [1.29, 1.82) is 0 Å². The standard InChI is InChI=1S/C26H30N4O/c31-26(29-16-8-3-9-17-29)25-23-18-21(27-19-20-10-4-1-5-11-20)14-15-24(23)30(28-25)22-12-6-2-7-13-22/h1-2,4-7,10-13,21,27H,3,8-9,14-19H2. The molecule has 160 valence electrons. The van der Waals surface area contributed by atoms with Gasteiger partial charge in [0.15, 0.2) is 5.69 Å². The zero-order valence-corrected chi connectivity index (χ0v) is 18.0. The number of aromatic nitrogens is 2. The van der Waals surface area contributed by atoms with Crippen molar-refractivity contribution in [3.8, 4) is 5.69 Å². The van der Waals surface area contributed by atoms with Crippen molar-refractivity contribution in [3.05, 3.63) is 83.2 Å². The average Bonchev–Trinajstić information content (AvgIpc) is 3.23. The second-order valence-corrected chi connectivity index (χ2v) is 8.68. The van der Waals surface area contributed by atoms with E-state index >= 15 is 0 Å². The summed E-state index contributed by atoms with van der Waals surface area (Å²) in [4.78, 5) is 15.4. The molecular formula is C26H30N4O. The number of nitrogens with zero attached hydrogens (tertiary/aromatic N) is 3. The molecule has 1 aliphatic carbocycles. The third-order valence-electron chi connectivity index (χ3n) is 6.55. The first-order chi connectivity index (χ1) is 15.3. The van der Waals surface area contributed by atoms with E-state index in [1.165, 1.54) is 17.7 Å². The van der Waals surface area contributed by atoms with E-state index in [-0.39, 0.29) is 5.91 Å². The Morgan fingerprint density at radius 1 is 0.968 bits per heavy atom. The molecule has 5 rings (SSSR count). The van der Waals surface area contributed by atoms with E-state index in [0.29, 0.717) is 11.7 Å². The number of piperidine rings is 1. The molecule has 2 aliphatic rings. The Balaban J connectivity index is 1.43. The Hall–Kier alpha value is -2.92. The summed E-state index contributed by atoms with van der Waals surface area (Å²) in [5.74, 6) is 0.106. The Morgan fingerprint density at radius 3 is 2.42 bits per heavy atom. The maximum atomic E-state index is 13.4. The Kier molecular flexibility index (Phi) is 5.85. The van der Waals surface area contributed by atoms with E-state index in [0.717, 1.165) is 63.0 Å². The number of para-hydroxylation sites is 1. The number of hydrogen-bond donors (Lipinski definition) is 1. The minimum absolute atomic E-state index is 0.106. The molecule has 1 aromatic heterocycles. The highest BCUT2D eigenvalue weighted by atomic mass is 16.2. The summed E-state index contributed by atoms with van der Waals surface area (Å²) in [6.07, 6.45) is 6.23. The van der Waals surface area contributed by atoms with Gasteiger partial charge in [0.1, 0.15) is 0 Å². The molecule has 0 bridgehead atoms. The summed E-state index contributed by atoms with van der Waals surface area (Å²) in [5.41, 5.74) is 5.32. The lowest BCUT2D eigenvalue weighted by atomic mass is 9.90. The third-order valence-corrected chi connectivity index (χ3v) is 6.55. The summed E-state index contributed by atoms with van der Waals surface area (Å²) < 4.78 is 2.01. The van der Waals surface area contributed by atoms with E-state index in [1.54, 1.807) is 0 Å². The van der Waals surface area contributed by atoms with Crippen molar-refractivity contribution in [2.75, 3.05) is 13.1 Å². The topological polar surface area (TPSA) is 50.2 Å². The fourth-order valence-corrected chi connectivity index (χ4v) is 4.85. The van der Waals surface area contributed by atoms with Gasteiger partial charge in [0.05, 0.1) is 5.69 Å². The fraction of sp³-hybridized carbons (Fsp3) is 0.385. The van der Waals surface area contributed by atoms with Gasteiger partial charge < -0.3 is 10.2 Å². The van der Waals surface area contributed by atoms with E-state index in [4.69, 9.17) is 5.10 Å². The molecule has 1 atom stereocenters. The maximum absolute atomic E-state index is 13.4. The van der Waals surface area contributed by atoms with Crippen molar-refractivity contribution < 1.29 is 4.79 Å². The van der Waals surface area contributed by atoms with Crippen LogP contribution in [-0.2, 0) is 19.4 Å². The summed E-state index contributed by atoms with van der Waals surface area (Å²) in [6.45, 7) is 2.55. The number of rotatable bonds is 5. The normalized spacial score (nSPS) is 18.6. The number of hydrogen-bond acceptors (Lipinski definition) is 3. The van der Waals surface area contributed by atoms with Gasteiger partial charge in [-0.15, -0.1) is 0 Å². The zero-order chi connectivity index (χ0) is 21.0. The quantitative estimate of drug-likeness (QED) is 0.683. The molecule has 0 radical (unpaired) electrons. The van der Waals surface area contributed by atoms with E-state index in [2.05, 4.69) is 41.7 Å². The molecular weight excluding hydrogens is 384 g/mol. The van der Waals surface area contributed by atoms with Crippen LogP contribution in [0.2, 0.25) is 0 Å². The molecule has 1 aliphatic heterocycles. The highest BCUT2D eigenvalue weighted by Crippen LogP contribution is 2.29. The van der Waals surface area contributed by atoms with Gasteiger partial charge in [-0.1, -0.05) is 48.5 Å². The molecule has 0 saturated carbocycles. The number of nitrogens with one attached hydrogen (secondary N) is 1. The second-order valence-electron chi connectivity index (χ2n) is 8.68. The molecule has 3 aromatic rings. The van der Waals surface area contributed by atoms with Crippen LogP contribution >= 0.6 is 0 Å². The SMILES string of the molecule is O=C(c1nn(-c2ccccc2)c2c1CC(NCc1ccccc1)CC2)N1CCCCC1. The van der Waals surface area contributed by atoms with Gasteiger partial charge in [0.2, 0.25) is 0 Å². The monoisotopic (exact) mass is 414 g/mol. The van der Waals surface area contributed by atoms with Crippen molar-refractivity contribution in [3.63, 3.8) is 0 Å². The predicted molar refractivity (Wildman–Crippen MR) is 122 cm³/mol. The van der Waals surface area contributed by atoms with Crippen LogP contribution in [0.5, 0.6) is 0 Å².